The molecule has 0 bridgehead atoms. The number of H-pyrrole nitrogens is 1. The first kappa shape index (κ1) is 12.9. The number of amides is 1. The van der Waals surface area contributed by atoms with E-state index in [1.54, 1.807) is 4.90 Å². The van der Waals surface area contributed by atoms with Gasteiger partial charge in [-0.25, -0.2) is 0 Å². The van der Waals surface area contributed by atoms with Crippen LogP contribution in [0.3, 0.4) is 0 Å². The summed E-state index contributed by atoms with van der Waals surface area (Å²) in [6.07, 6.45) is 1.97. The Morgan fingerprint density at radius 1 is 1.67 bits per heavy atom. The van der Waals surface area contributed by atoms with Gasteiger partial charge in [0.05, 0.1) is 11.1 Å². The summed E-state index contributed by atoms with van der Waals surface area (Å²) in [6, 6.07) is 1.26. The Hall–Kier alpha value is -1.56. The standard InChI is InChI=1S/C11H14ClN3O3/c1-7-6-14(3-2-9(7)12)11(16)10-4-8(5-13-10)15(17)18/h4-5,7,9,13H,2-3,6H2,1H3. The second-order valence-corrected chi connectivity index (χ2v) is 5.12. The summed E-state index contributed by atoms with van der Waals surface area (Å²) >= 11 is 6.09. The smallest absolute Gasteiger partial charge is 0.287 e. The maximum atomic E-state index is 12.1. The van der Waals surface area contributed by atoms with Crippen LogP contribution in [0.25, 0.3) is 0 Å². The van der Waals surface area contributed by atoms with Crippen molar-refractivity contribution >= 4 is 23.2 Å². The van der Waals surface area contributed by atoms with Crippen molar-refractivity contribution in [2.75, 3.05) is 13.1 Å². The summed E-state index contributed by atoms with van der Waals surface area (Å²) in [5, 5.41) is 10.6. The fourth-order valence-electron chi connectivity index (χ4n) is 2.08. The van der Waals surface area contributed by atoms with Gasteiger partial charge in [-0.2, -0.15) is 0 Å². The molecule has 98 valence electrons. The molecule has 2 rings (SSSR count). The Labute approximate surface area is 109 Å². The summed E-state index contributed by atoms with van der Waals surface area (Å²) in [7, 11) is 0. The molecule has 2 heterocycles. The molecular weight excluding hydrogens is 258 g/mol. The van der Waals surface area contributed by atoms with Gasteiger partial charge in [0.15, 0.2) is 0 Å². The number of alkyl halides is 1. The molecule has 1 amide bonds. The zero-order valence-corrected chi connectivity index (χ0v) is 10.7. The van der Waals surface area contributed by atoms with Crippen LogP contribution in [0.2, 0.25) is 0 Å². The lowest BCUT2D eigenvalue weighted by Gasteiger charge is -2.33. The van der Waals surface area contributed by atoms with E-state index >= 15 is 0 Å². The third-order valence-corrected chi connectivity index (χ3v) is 3.85. The third-order valence-electron chi connectivity index (χ3n) is 3.20. The number of nitrogens with one attached hydrogen (secondary N) is 1. The highest BCUT2D eigenvalue weighted by molar-refractivity contribution is 6.20. The molecule has 1 aliphatic rings. The molecule has 1 N–H and O–H groups in total. The van der Waals surface area contributed by atoms with Gasteiger partial charge in [0.25, 0.3) is 11.6 Å². The van der Waals surface area contributed by atoms with Crippen LogP contribution < -0.4 is 0 Å². The quantitative estimate of drug-likeness (QED) is 0.508. The zero-order chi connectivity index (χ0) is 13.3. The number of nitro groups is 1. The highest BCUT2D eigenvalue weighted by Crippen LogP contribution is 2.23. The van der Waals surface area contributed by atoms with E-state index in [-0.39, 0.29) is 28.6 Å². The SMILES string of the molecule is CC1CN(C(=O)c2cc([N+](=O)[O-])c[nH]2)CCC1Cl. The number of piperidine rings is 1. The van der Waals surface area contributed by atoms with Crippen molar-refractivity contribution in [3.8, 4) is 0 Å². The van der Waals surface area contributed by atoms with Crippen molar-refractivity contribution in [2.45, 2.75) is 18.7 Å². The summed E-state index contributed by atoms with van der Waals surface area (Å²) in [5.74, 6) is 0.0211. The van der Waals surface area contributed by atoms with E-state index < -0.39 is 4.92 Å². The van der Waals surface area contributed by atoms with Gasteiger partial charge < -0.3 is 9.88 Å². The minimum atomic E-state index is -0.527. The molecular formula is C11H14ClN3O3. The van der Waals surface area contributed by atoms with Gasteiger partial charge in [-0.05, 0) is 12.3 Å². The lowest BCUT2D eigenvalue weighted by Crippen LogP contribution is -2.43. The number of carbonyl (C=O) groups excluding carboxylic acids is 1. The van der Waals surface area contributed by atoms with Crippen LogP contribution in [0.1, 0.15) is 23.8 Å². The van der Waals surface area contributed by atoms with Gasteiger partial charge in [-0.3, -0.25) is 14.9 Å². The lowest BCUT2D eigenvalue weighted by molar-refractivity contribution is -0.384. The van der Waals surface area contributed by atoms with E-state index in [1.165, 1.54) is 12.3 Å². The number of nitrogens with zero attached hydrogens (tertiary/aromatic N) is 2. The molecule has 1 aromatic rings. The highest BCUT2D eigenvalue weighted by Gasteiger charge is 2.29. The number of likely N-dealkylation sites (tertiary alicyclic amines) is 1. The second-order valence-electron chi connectivity index (χ2n) is 4.56. The van der Waals surface area contributed by atoms with Crippen molar-refractivity contribution in [1.82, 2.24) is 9.88 Å². The largest absolute Gasteiger partial charge is 0.351 e. The van der Waals surface area contributed by atoms with Gasteiger partial charge in [-0.15, -0.1) is 11.6 Å². The van der Waals surface area contributed by atoms with E-state index in [1.807, 2.05) is 6.92 Å². The molecule has 1 aromatic heterocycles. The van der Waals surface area contributed by atoms with Gasteiger partial charge in [0.1, 0.15) is 5.69 Å². The van der Waals surface area contributed by atoms with Gasteiger partial charge in [-0.1, -0.05) is 6.92 Å². The van der Waals surface area contributed by atoms with Crippen molar-refractivity contribution < 1.29 is 9.72 Å². The molecule has 7 heteroatoms. The minimum Gasteiger partial charge on any atom is -0.351 e. The normalized spacial score (nSPS) is 24.0. The topological polar surface area (TPSA) is 79.2 Å². The third kappa shape index (κ3) is 2.48. The molecule has 1 aliphatic heterocycles. The van der Waals surface area contributed by atoms with Crippen molar-refractivity contribution in [3.63, 3.8) is 0 Å². The van der Waals surface area contributed by atoms with Crippen LogP contribution in [-0.4, -0.2) is 39.2 Å². The first-order valence-electron chi connectivity index (χ1n) is 5.75. The molecule has 6 nitrogen and oxygen atoms in total. The molecule has 0 aromatic carbocycles. The molecule has 0 radical (unpaired) electrons. The van der Waals surface area contributed by atoms with E-state index in [0.717, 1.165) is 6.42 Å². The minimum absolute atomic E-state index is 0.0898. The predicted octanol–water partition coefficient (Wildman–Crippen LogP) is 2.01. The summed E-state index contributed by atoms with van der Waals surface area (Å²) in [6.45, 7) is 3.16. The van der Waals surface area contributed by atoms with Gasteiger partial charge in [0, 0.05) is 24.5 Å². The van der Waals surface area contributed by atoms with Crippen molar-refractivity contribution in [2.24, 2.45) is 5.92 Å². The Kier molecular flexibility index (Phi) is 3.56. The average molecular weight is 272 g/mol. The summed E-state index contributed by atoms with van der Waals surface area (Å²) in [4.78, 5) is 26.5. The molecule has 0 saturated carbocycles. The Balaban J connectivity index is 2.09. The number of carbonyl (C=O) groups is 1. The van der Waals surface area contributed by atoms with Crippen molar-refractivity contribution in [1.29, 1.82) is 0 Å². The molecule has 0 spiro atoms. The van der Waals surface area contributed by atoms with E-state index in [0.29, 0.717) is 13.1 Å². The molecule has 1 fully saturated rings. The second kappa shape index (κ2) is 4.97. The molecule has 2 unspecified atom stereocenters. The fourth-order valence-corrected chi connectivity index (χ4v) is 2.26. The van der Waals surface area contributed by atoms with Gasteiger partial charge in [0.2, 0.25) is 0 Å². The number of aromatic nitrogens is 1. The number of halogens is 1. The molecule has 0 aliphatic carbocycles. The first-order valence-corrected chi connectivity index (χ1v) is 6.19. The van der Waals surface area contributed by atoms with Gasteiger partial charge >= 0.3 is 0 Å². The molecule has 18 heavy (non-hydrogen) atoms. The Morgan fingerprint density at radius 3 is 2.94 bits per heavy atom. The Bertz CT molecular complexity index is 474. The molecule has 1 saturated heterocycles. The van der Waals surface area contributed by atoms with Crippen LogP contribution in [-0.2, 0) is 0 Å². The monoisotopic (exact) mass is 271 g/mol. The predicted molar refractivity (Wildman–Crippen MR) is 66.8 cm³/mol. The maximum absolute atomic E-state index is 12.1. The number of hydrogen-bond acceptors (Lipinski definition) is 3. The van der Waals surface area contributed by atoms with Crippen molar-refractivity contribution in [3.05, 3.63) is 28.1 Å². The van der Waals surface area contributed by atoms with Crippen LogP contribution in [0, 0.1) is 16.0 Å². The Morgan fingerprint density at radius 2 is 2.39 bits per heavy atom. The average Bonchev–Trinajstić information content (AvgIpc) is 2.81. The summed E-state index contributed by atoms with van der Waals surface area (Å²) in [5.41, 5.74) is 0.153. The van der Waals surface area contributed by atoms with Crippen LogP contribution >= 0.6 is 11.6 Å². The van der Waals surface area contributed by atoms with Crippen LogP contribution in [0.4, 0.5) is 5.69 Å². The number of hydrogen-bond donors (Lipinski definition) is 1. The first-order chi connectivity index (χ1) is 8.49. The molecule has 2 atom stereocenters. The summed E-state index contributed by atoms with van der Waals surface area (Å²) < 4.78 is 0. The lowest BCUT2D eigenvalue weighted by atomic mass is 9.99. The van der Waals surface area contributed by atoms with Crippen LogP contribution in [0.5, 0.6) is 0 Å². The van der Waals surface area contributed by atoms with E-state index in [9.17, 15) is 14.9 Å². The maximum Gasteiger partial charge on any atom is 0.287 e. The zero-order valence-electron chi connectivity index (χ0n) is 9.93. The van der Waals surface area contributed by atoms with Crippen LogP contribution in [0.15, 0.2) is 12.3 Å². The number of aromatic amines is 1. The highest BCUT2D eigenvalue weighted by atomic mass is 35.5. The fraction of sp³-hybridized carbons (Fsp3) is 0.545. The van der Waals surface area contributed by atoms with E-state index in [4.69, 9.17) is 11.6 Å². The number of rotatable bonds is 2. The van der Waals surface area contributed by atoms with E-state index in [2.05, 4.69) is 4.98 Å².